The van der Waals surface area contributed by atoms with Gasteiger partial charge in [0.2, 0.25) is 0 Å². The summed E-state index contributed by atoms with van der Waals surface area (Å²) in [6.07, 6.45) is 5.77. The lowest BCUT2D eigenvalue weighted by atomic mass is 10.1. The number of ether oxygens (including phenoxy) is 2. The van der Waals surface area contributed by atoms with E-state index in [9.17, 15) is 5.11 Å². The smallest absolute Gasteiger partial charge is 0.191 e. The van der Waals surface area contributed by atoms with E-state index in [2.05, 4.69) is 20.5 Å². The first-order valence-corrected chi connectivity index (χ1v) is 10.8. The SMILES string of the molecule is CCNC(=NCC(O)c1ccc(OC)c(OC)c1)NCCCN1CCCCCC1.I. The maximum absolute atomic E-state index is 10.5. The molecule has 2 rings (SSSR count). The number of aliphatic hydroxyl groups excluding tert-OH is 1. The van der Waals surface area contributed by atoms with E-state index in [-0.39, 0.29) is 30.5 Å². The molecule has 1 aliphatic heterocycles. The van der Waals surface area contributed by atoms with E-state index in [0.717, 1.165) is 37.6 Å². The molecule has 7 nitrogen and oxygen atoms in total. The van der Waals surface area contributed by atoms with Gasteiger partial charge in [-0.15, -0.1) is 24.0 Å². The molecule has 1 atom stereocenters. The van der Waals surface area contributed by atoms with Gasteiger partial charge in [0.15, 0.2) is 17.5 Å². The van der Waals surface area contributed by atoms with Crippen molar-refractivity contribution in [1.82, 2.24) is 15.5 Å². The lowest BCUT2D eigenvalue weighted by Gasteiger charge is -2.20. The number of benzene rings is 1. The summed E-state index contributed by atoms with van der Waals surface area (Å²) < 4.78 is 10.6. The Labute approximate surface area is 198 Å². The van der Waals surface area contributed by atoms with Gasteiger partial charge >= 0.3 is 0 Å². The van der Waals surface area contributed by atoms with Crippen LogP contribution in [-0.2, 0) is 0 Å². The Morgan fingerprint density at radius 3 is 2.43 bits per heavy atom. The molecule has 172 valence electrons. The van der Waals surface area contributed by atoms with Crippen LogP contribution in [0.25, 0.3) is 0 Å². The highest BCUT2D eigenvalue weighted by Crippen LogP contribution is 2.30. The highest BCUT2D eigenvalue weighted by molar-refractivity contribution is 14.0. The summed E-state index contributed by atoms with van der Waals surface area (Å²) in [5.74, 6) is 1.99. The molecule has 8 heteroatoms. The Bertz CT molecular complexity index is 622. The van der Waals surface area contributed by atoms with E-state index in [0.29, 0.717) is 11.5 Å². The van der Waals surface area contributed by atoms with Gasteiger partial charge in [-0.2, -0.15) is 0 Å². The third-order valence-electron chi connectivity index (χ3n) is 5.20. The maximum atomic E-state index is 10.5. The van der Waals surface area contributed by atoms with E-state index >= 15 is 0 Å². The van der Waals surface area contributed by atoms with Crippen LogP contribution in [0.5, 0.6) is 11.5 Å². The number of aliphatic imine (C=N–C) groups is 1. The quantitative estimate of drug-likeness (QED) is 0.185. The fourth-order valence-corrected chi connectivity index (χ4v) is 3.55. The third-order valence-corrected chi connectivity index (χ3v) is 5.20. The van der Waals surface area contributed by atoms with Crippen molar-refractivity contribution in [2.45, 2.75) is 45.1 Å². The summed E-state index contributed by atoms with van der Waals surface area (Å²) in [6.45, 7) is 7.55. The molecule has 1 heterocycles. The topological polar surface area (TPSA) is 78.4 Å². The Balaban J connectivity index is 0.00000450. The first-order chi connectivity index (χ1) is 14.2. The van der Waals surface area contributed by atoms with E-state index in [1.807, 2.05) is 13.0 Å². The van der Waals surface area contributed by atoms with Crippen molar-refractivity contribution in [3.05, 3.63) is 23.8 Å². The van der Waals surface area contributed by atoms with Crippen LogP contribution in [0.15, 0.2) is 23.2 Å². The molecule has 0 aliphatic carbocycles. The number of nitrogens with zero attached hydrogens (tertiary/aromatic N) is 2. The summed E-state index contributed by atoms with van der Waals surface area (Å²) >= 11 is 0. The second-order valence-electron chi connectivity index (χ2n) is 7.39. The highest BCUT2D eigenvalue weighted by atomic mass is 127. The molecule has 1 saturated heterocycles. The van der Waals surface area contributed by atoms with Crippen molar-refractivity contribution in [3.63, 3.8) is 0 Å². The number of nitrogens with one attached hydrogen (secondary N) is 2. The fourth-order valence-electron chi connectivity index (χ4n) is 3.55. The van der Waals surface area contributed by atoms with Gasteiger partial charge in [-0.3, -0.25) is 4.99 Å². The predicted molar refractivity (Wildman–Crippen MR) is 133 cm³/mol. The van der Waals surface area contributed by atoms with Crippen LogP contribution in [0.4, 0.5) is 0 Å². The van der Waals surface area contributed by atoms with Crippen LogP contribution in [0, 0.1) is 0 Å². The summed E-state index contributed by atoms with van der Waals surface area (Å²) in [4.78, 5) is 7.11. The third kappa shape index (κ3) is 9.26. The molecule has 30 heavy (non-hydrogen) atoms. The van der Waals surface area contributed by atoms with Gasteiger partial charge in [-0.1, -0.05) is 18.9 Å². The van der Waals surface area contributed by atoms with Crippen LogP contribution in [0.3, 0.4) is 0 Å². The molecule has 0 spiro atoms. The monoisotopic (exact) mass is 534 g/mol. The van der Waals surface area contributed by atoms with Crippen molar-refractivity contribution in [1.29, 1.82) is 0 Å². The molecule has 0 radical (unpaired) electrons. The maximum Gasteiger partial charge on any atom is 0.191 e. The number of likely N-dealkylation sites (tertiary alicyclic amines) is 1. The number of halogens is 1. The largest absolute Gasteiger partial charge is 0.493 e. The number of hydrogen-bond donors (Lipinski definition) is 3. The molecule has 0 saturated carbocycles. The fraction of sp³-hybridized carbons (Fsp3) is 0.682. The molecule has 0 amide bonds. The van der Waals surface area contributed by atoms with Gasteiger partial charge in [0.25, 0.3) is 0 Å². The summed E-state index contributed by atoms with van der Waals surface area (Å²) in [5, 5.41) is 17.2. The standard InChI is InChI=1S/C22H38N4O3.HI/c1-4-23-22(24-12-9-15-26-13-7-5-6-8-14-26)25-17-19(27)18-10-11-20(28-2)21(16-18)29-3;/h10-11,16,19,27H,4-9,12-15,17H2,1-3H3,(H2,23,24,25);1H. The summed E-state index contributed by atoms with van der Waals surface area (Å²) in [7, 11) is 3.18. The Morgan fingerprint density at radius 2 is 1.80 bits per heavy atom. The first kappa shape index (κ1) is 26.8. The first-order valence-electron chi connectivity index (χ1n) is 10.8. The van der Waals surface area contributed by atoms with Crippen molar-refractivity contribution >= 4 is 29.9 Å². The molecular formula is C22H39IN4O3. The molecular weight excluding hydrogens is 495 g/mol. The Morgan fingerprint density at radius 1 is 1.10 bits per heavy atom. The zero-order valence-electron chi connectivity index (χ0n) is 18.7. The second kappa shape index (κ2) is 15.5. The lowest BCUT2D eigenvalue weighted by Crippen LogP contribution is -2.39. The van der Waals surface area contributed by atoms with Crippen LogP contribution < -0.4 is 20.1 Å². The molecule has 1 aromatic rings. The van der Waals surface area contributed by atoms with Gasteiger partial charge in [-0.05, 0) is 63.5 Å². The minimum atomic E-state index is -0.706. The van der Waals surface area contributed by atoms with Gasteiger partial charge in [0, 0.05) is 13.1 Å². The zero-order chi connectivity index (χ0) is 20.9. The predicted octanol–water partition coefficient (Wildman–Crippen LogP) is 3.18. The van der Waals surface area contributed by atoms with E-state index < -0.39 is 6.10 Å². The van der Waals surface area contributed by atoms with Crippen molar-refractivity contribution < 1.29 is 14.6 Å². The van der Waals surface area contributed by atoms with Crippen LogP contribution >= 0.6 is 24.0 Å². The lowest BCUT2D eigenvalue weighted by molar-refractivity contribution is 0.186. The average Bonchev–Trinajstić information content (AvgIpc) is 3.03. The van der Waals surface area contributed by atoms with Gasteiger partial charge in [0.1, 0.15) is 0 Å². The highest BCUT2D eigenvalue weighted by Gasteiger charge is 2.12. The number of aliphatic hydroxyl groups is 1. The number of guanidine groups is 1. The van der Waals surface area contributed by atoms with Crippen molar-refractivity contribution in [2.75, 3.05) is 53.5 Å². The Kier molecular flexibility index (Phi) is 13.9. The van der Waals surface area contributed by atoms with Crippen LogP contribution in [-0.4, -0.2) is 69.5 Å². The van der Waals surface area contributed by atoms with Crippen molar-refractivity contribution in [2.24, 2.45) is 4.99 Å². The average molecular weight is 534 g/mol. The van der Waals surface area contributed by atoms with E-state index in [4.69, 9.17) is 9.47 Å². The summed E-state index contributed by atoms with van der Waals surface area (Å²) in [5.41, 5.74) is 0.753. The van der Waals surface area contributed by atoms with Gasteiger partial charge in [-0.25, -0.2) is 0 Å². The molecule has 0 aromatic heterocycles. The van der Waals surface area contributed by atoms with E-state index in [1.54, 1.807) is 26.4 Å². The van der Waals surface area contributed by atoms with Crippen molar-refractivity contribution in [3.8, 4) is 11.5 Å². The minimum absolute atomic E-state index is 0. The molecule has 3 N–H and O–H groups in total. The molecule has 1 unspecified atom stereocenters. The van der Waals surface area contributed by atoms with Gasteiger partial charge in [0.05, 0.1) is 26.9 Å². The molecule has 1 fully saturated rings. The molecule has 1 aromatic carbocycles. The second-order valence-corrected chi connectivity index (χ2v) is 7.39. The summed E-state index contributed by atoms with van der Waals surface area (Å²) in [6, 6.07) is 5.43. The molecule has 0 bridgehead atoms. The molecule has 1 aliphatic rings. The van der Waals surface area contributed by atoms with Crippen LogP contribution in [0.1, 0.15) is 50.7 Å². The van der Waals surface area contributed by atoms with Crippen LogP contribution in [0.2, 0.25) is 0 Å². The van der Waals surface area contributed by atoms with Gasteiger partial charge < -0.3 is 30.1 Å². The minimum Gasteiger partial charge on any atom is -0.493 e. The zero-order valence-corrected chi connectivity index (χ0v) is 21.0. The Hall–Kier alpha value is -1.26. The normalized spacial score (nSPS) is 16.2. The number of rotatable bonds is 10. The number of hydrogen-bond acceptors (Lipinski definition) is 5. The number of methoxy groups -OCH3 is 2. The van der Waals surface area contributed by atoms with E-state index in [1.165, 1.54) is 38.8 Å².